The molecule has 4 nitrogen and oxygen atoms in total. The molecule has 1 saturated heterocycles. The molecule has 4 heteroatoms. The van der Waals surface area contributed by atoms with Gasteiger partial charge in [0.05, 0.1) is 0 Å². The van der Waals surface area contributed by atoms with Crippen molar-refractivity contribution in [2.45, 2.75) is 38.5 Å². The van der Waals surface area contributed by atoms with Crippen LogP contribution in [0.15, 0.2) is 28.8 Å². The lowest BCUT2D eigenvalue weighted by atomic mass is 9.99. The van der Waals surface area contributed by atoms with E-state index in [1.54, 1.807) is 0 Å². The van der Waals surface area contributed by atoms with Crippen LogP contribution in [0.1, 0.15) is 49.9 Å². The molecule has 0 spiro atoms. The third kappa shape index (κ3) is 2.75. The lowest BCUT2D eigenvalue weighted by molar-refractivity contribution is 0.393. The van der Waals surface area contributed by atoms with Crippen molar-refractivity contribution >= 4 is 0 Å². The molecule has 1 atom stereocenters. The molecule has 1 aromatic heterocycles. The molecule has 1 aliphatic rings. The summed E-state index contributed by atoms with van der Waals surface area (Å²) >= 11 is 0. The van der Waals surface area contributed by atoms with Crippen LogP contribution in [0, 0.1) is 0 Å². The summed E-state index contributed by atoms with van der Waals surface area (Å²) in [6.45, 7) is 6.43. The number of benzene rings is 1. The first-order valence-corrected chi connectivity index (χ1v) is 7.38. The Morgan fingerprint density at radius 2 is 2.05 bits per heavy atom. The molecule has 0 amide bonds. The summed E-state index contributed by atoms with van der Waals surface area (Å²) in [5.41, 5.74) is 2.32. The van der Waals surface area contributed by atoms with Crippen molar-refractivity contribution in [2.75, 3.05) is 13.1 Å². The van der Waals surface area contributed by atoms with Crippen molar-refractivity contribution in [1.29, 1.82) is 0 Å². The van der Waals surface area contributed by atoms with Gasteiger partial charge in [0.15, 0.2) is 5.82 Å². The fourth-order valence-corrected chi connectivity index (χ4v) is 2.60. The third-order valence-corrected chi connectivity index (χ3v) is 3.93. The predicted octanol–water partition coefficient (Wildman–Crippen LogP) is 3.33. The van der Waals surface area contributed by atoms with Gasteiger partial charge in [-0.05, 0) is 43.0 Å². The number of aromatic nitrogens is 2. The maximum absolute atomic E-state index is 5.42. The summed E-state index contributed by atoms with van der Waals surface area (Å²) in [5.74, 6) is 2.38. The van der Waals surface area contributed by atoms with E-state index in [0.29, 0.717) is 17.7 Å². The van der Waals surface area contributed by atoms with Crippen molar-refractivity contribution in [3.05, 3.63) is 35.7 Å². The first kappa shape index (κ1) is 13.3. The standard InChI is InChI=1S/C16H21N3O/c1-11(2)12-5-7-13(8-6-12)16-18-15(19-20-16)14-4-3-9-17-10-14/h5-8,11,14,17H,3-4,9-10H2,1-2H3. The largest absolute Gasteiger partial charge is 0.334 e. The smallest absolute Gasteiger partial charge is 0.257 e. The third-order valence-electron chi connectivity index (χ3n) is 3.93. The highest BCUT2D eigenvalue weighted by Crippen LogP contribution is 2.25. The van der Waals surface area contributed by atoms with Gasteiger partial charge in [-0.25, -0.2) is 0 Å². The van der Waals surface area contributed by atoms with Gasteiger partial charge in [-0.15, -0.1) is 0 Å². The highest BCUT2D eigenvalue weighted by atomic mass is 16.5. The van der Waals surface area contributed by atoms with Crippen LogP contribution in [0.5, 0.6) is 0 Å². The Morgan fingerprint density at radius 3 is 2.70 bits per heavy atom. The Bertz CT molecular complexity index is 553. The van der Waals surface area contributed by atoms with Gasteiger partial charge < -0.3 is 9.84 Å². The SMILES string of the molecule is CC(C)c1ccc(-c2nc(C3CCCNC3)no2)cc1. The van der Waals surface area contributed by atoms with Crippen LogP contribution in [-0.2, 0) is 0 Å². The van der Waals surface area contributed by atoms with Crippen LogP contribution in [0.25, 0.3) is 11.5 Å². The zero-order valence-electron chi connectivity index (χ0n) is 12.1. The van der Waals surface area contributed by atoms with Gasteiger partial charge in [-0.2, -0.15) is 4.98 Å². The average Bonchev–Trinajstić information content (AvgIpc) is 2.98. The van der Waals surface area contributed by atoms with E-state index >= 15 is 0 Å². The number of rotatable bonds is 3. The number of hydrogen-bond acceptors (Lipinski definition) is 4. The minimum absolute atomic E-state index is 0.385. The molecular weight excluding hydrogens is 250 g/mol. The zero-order chi connectivity index (χ0) is 13.9. The topological polar surface area (TPSA) is 51.0 Å². The van der Waals surface area contributed by atoms with Gasteiger partial charge >= 0.3 is 0 Å². The van der Waals surface area contributed by atoms with E-state index in [-0.39, 0.29) is 0 Å². The van der Waals surface area contributed by atoms with Crippen molar-refractivity contribution in [3.63, 3.8) is 0 Å². The van der Waals surface area contributed by atoms with E-state index in [2.05, 4.69) is 53.6 Å². The van der Waals surface area contributed by atoms with Crippen molar-refractivity contribution in [1.82, 2.24) is 15.5 Å². The summed E-state index contributed by atoms with van der Waals surface area (Å²) in [7, 11) is 0. The van der Waals surface area contributed by atoms with Crippen molar-refractivity contribution < 1.29 is 4.52 Å². The quantitative estimate of drug-likeness (QED) is 0.930. The second-order valence-electron chi connectivity index (χ2n) is 5.78. The molecular formula is C16H21N3O. The van der Waals surface area contributed by atoms with Crippen LogP contribution < -0.4 is 5.32 Å². The summed E-state index contributed by atoms with van der Waals surface area (Å²) in [6, 6.07) is 8.38. The summed E-state index contributed by atoms with van der Waals surface area (Å²) in [5, 5.41) is 7.53. The fraction of sp³-hybridized carbons (Fsp3) is 0.500. The maximum atomic E-state index is 5.42. The van der Waals surface area contributed by atoms with Crippen LogP contribution in [0.3, 0.4) is 0 Å². The fourth-order valence-electron chi connectivity index (χ4n) is 2.60. The lowest BCUT2D eigenvalue weighted by Gasteiger charge is -2.19. The van der Waals surface area contributed by atoms with Gasteiger partial charge in [0.1, 0.15) is 0 Å². The summed E-state index contributed by atoms with van der Waals surface area (Å²) in [6.07, 6.45) is 2.32. The Morgan fingerprint density at radius 1 is 1.25 bits per heavy atom. The molecule has 1 aliphatic heterocycles. The minimum Gasteiger partial charge on any atom is -0.334 e. The number of nitrogens with one attached hydrogen (secondary N) is 1. The molecule has 20 heavy (non-hydrogen) atoms. The molecule has 1 fully saturated rings. The predicted molar refractivity (Wildman–Crippen MR) is 78.7 cm³/mol. The second kappa shape index (κ2) is 5.75. The van der Waals surface area contributed by atoms with Crippen molar-refractivity contribution in [3.8, 4) is 11.5 Å². The molecule has 0 saturated carbocycles. The normalized spacial score (nSPS) is 19.4. The first-order chi connectivity index (χ1) is 9.74. The van der Waals surface area contributed by atoms with Gasteiger partial charge in [-0.1, -0.05) is 31.1 Å². The Labute approximate surface area is 119 Å². The minimum atomic E-state index is 0.385. The molecule has 2 aromatic rings. The lowest BCUT2D eigenvalue weighted by Crippen LogP contribution is -2.28. The van der Waals surface area contributed by atoms with E-state index < -0.39 is 0 Å². The molecule has 106 valence electrons. The first-order valence-electron chi connectivity index (χ1n) is 7.38. The van der Waals surface area contributed by atoms with E-state index in [9.17, 15) is 0 Å². The number of hydrogen-bond donors (Lipinski definition) is 1. The molecule has 0 bridgehead atoms. The Hall–Kier alpha value is -1.68. The summed E-state index contributed by atoms with van der Waals surface area (Å²) < 4.78 is 5.42. The molecule has 1 unspecified atom stereocenters. The molecule has 0 aliphatic carbocycles. The van der Waals surface area contributed by atoms with Crippen LogP contribution in [0.4, 0.5) is 0 Å². The molecule has 0 radical (unpaired) electrons. The summed E-state index contributed by atoms with van der Waals surface area (Å²) in [4.78, 5) is 4.56. The highest BCUT2D eigenvalue weighted by molar-refractivity contribution is 5.53. The van der Waals surface area contributed by atoms with Gasteiger partial charge in [-0.3, -0.25) is 0 Å². The van der Waals surface area contributed by atoms with E-state index in [1.165, 1.54) is 12.0 Å². The van der Waals surface area contributed by atoms with E-state index in [4.69, 9.17) is 4.52 Å². The molecule has 3 rings (SSSR count). The highest BCUT2D eigenvalue weighted by Gasteiger charge is 2.21. The Balaban J connectivity index is 1.78. The molecule has 2 heterocycles. The Kier molecular flexibility index (Phi) is 3.83. The van der Waals surface area contributed by atoms with E-state index in [1.807, 2.05) is 0 Å². The second-order valence-corrected chi connectivity index (χ2v) is 5.78. The molecule has 1 N–H and O–H groups in total. The molecule has 1 aromatic carbocycles. The van der Waals surface area contributed by atoms with E-state index in [0.717, 1.165) is 30.9 Å². The van der Waals surface area contributed by atoms with Gasteiger partial charge in [0, 0.05) is 18.0 Å². The van der Waals surface area contributed by atoms with Gasteiger partial charge in [0.2, 0.25) is 0 Å². The zero-order valence-corrected chi connectivity index (χ0v) is 12.1. The van der Waals surface area contributed by atoms with Crippen LogP contribution in [-0.4, -0.2) is 23.2 Å². The average molecular weight is 271 g/mol. The van der Waals surface area contributed by atoms with Crippen LogP contribution in [0.2, 0.25) is 0 Å². The number of nitrogens with zero attached hydrogens (tertiary/aromatic N) is 2. The maximum Gasteiger partial charge on any atom is 0.257 e. The van der Waals surface area contributed by atoms with Gasteiger partial charge in [0.25, 0.3) is 5.89 Å². The monoisotopic (exact) mass is 271 g/mol. The van der Waals surface area contributed by atoms with Crippen molar-refractivity contribution in [2.24, 2.45) is 0 Å². The number of piperidine rings is 1. The van der Waals surface area contributed by atoms with Crippen LogP contribution >= 0.6 is 0 Å².